The maximum Gasteiger partial charge on any atom is 0.178 e. The van der Waals surface area contributed by atoms with E-state index in [9.17, 15) is 10.1 Å². The van der Waals surface area contributed by atoms with Crippen molar-refractivity contribution >= 4 is 65.7 Å². The molecular weight excluding hydrogens is 585 g/mol. The number of ketones is 1. The van der Waals surface area contributed by atoms with Gasteiger partial charge in [-0.25, -0.2) is 0 Å². The summed E-state index contributed by atoms with van der Waals surface area (Å²) < 4.78 is 6.88. The molecule has 0 aliphatic rings. The van der Waals surface area contributed by atoms with Gasteiger partial charge in [0.25, 0.3) is 0 Å². The van der Waals surface area contributed by atoms with Crippen LogP contribution in [0.25, 0.3) is 0 Å². The van der Waals surface area contributed by atoms with Gasteiger partial charge < -0.3 is 4.74 Å². The van der Waals surface area contributed by atoms with Crippen LogP contribution in [0.4, 0.5) is 0 Å². The van der Waals surface area contributed by atoms with Crippen molar-refractivity contribution in [1.82, 2.24) is 0 Å². The Morgan fingerprint density at radius 2 is 1.20 bits per heavy atom. The topological polar surface area (TPSA) is 50.1 Å². The Morgan fingerprint density at radius 3 is 1.54 bits per heavy atom. The normalized spacial score (nSPS) is 10.9. The van der Waals surface area contributed by atoms with Crippen LogP contribution in [0.1, 0.15) is 5.56 Å². The fourth-order valence-corrected chi connectivity index (χ4v) is 10.0. The highest BCUT2D eigenvalue weighted by Gasteiger charge is 2.33. The van der Waals surface area contributed by atoms with E-state index >= 15 is 0 Å². The Labute approximate surface area is 222 Å². The molecule has 0 bridgehead atoms. The van der Waals surface area contributed by atoms with Crippen LogP contribution >= 0.6 is 38.7 Å². The quantitative estimate of drug-likeness (QED) is 0.242. The van der Waals surface area contributed by atoms with Gasteiger partial charge in [0, 0.05) is 6.42 Å². The standard InChI is InChI=1S/C29H22Br2NO2P/c1-34-29-25(30)17-21(18-26(29)31)19-27(33)28(20-32)35(22-11-5-2-6-12-22,23-13-7-3-8-14-23)24-15-9-4-10-16-24/h2-18H,19H2,1H3. The van der Waals surface area contributed by atoms with E-state index in [0.29, 0.717) is 5.75 Å². The Kier molecular flexibility index (Phi) is 8.08. The summed E-state index contributed by atoms with van der Waals surface area (Å²) in [6, 6.07) is 35.9. The summed E-state index contributed by atoms with van der Waals surface area (Å²) >= 11 is 7.04. The summed E-state index contributed by atoms with van der Waals surface area (Å²) in [5.74, 6) is 0.465. The lowest BCUT2D eigenvalue weighted by Gasteiger charge is -2.30. The summed E-state index contributed by atoms with van der Waals surface area (Å²) in [4.78, 5) is 14.0. The van der Waals surface area contributed by atoms with E-state index < -0.39 is 6.89 Å². The monoisotopic (exact) mass is 605 g/mol. The van der Waals surface area contributed by atoms with Gasteiger partial charge in [-0.2, -0.15) is 5.26 Å². The van der Waals surface area contributed by atoms with E-state index in [0.717, 1.165) is 30.4 Å². The molecule has 0 fully saturated rings. The van der Waals surface area contributed by atoms with Crippen molar-refractivity contribution in [3.05, 3.63) is 118 Å². The third-order valence-electron chi connectivity index (χ3n) is 5.76. The molecule has 0 amide bonds. The highest BCUT2D eigenvalue weighted by atomic mass is 79.9. The van der Waals surface area contributed by atoms with E-state index in [-0.39, 0.29) is 17.5 Å². The first-order valence-electron chi connectivity index (χ1n) is 10.9. The zero-order valence-corrected chi connectivity index (χ0v) is 23.1. The summed E-state index contributed by atoms with van der Waals surface area (Å²) in [6.45, 7) is -2.74. The van der Waals surface area contributed by atoms with Gasteiger partial charge in [-0.3, -0.25) is 4.79 Å². The van der Waals surface area contributed by atoms with Crippen molar-refractivity contribution in [2.45, 2.75) is 6.42 Å². The predicted octanol–water partition coefficient (Wildman–Crippen LogP) is 6.02. The zero-order chi connectivity index (χ0) is 24.8. The van der Waals surface area contributed by atoms with Gasteiger partial charge in [0.2, 0.25) is 0 Å². The molecule has 0 saturated carbocycles. The van der Waals surface area contributed by atoms with Crippen molar-refractivity contribution in [1.29, 1.82) is 5.26 Å². The number of nitriles is 1. The lowest BCUT2D eigenvalue weighted by Crippen LogP contribution is -2.33. The minimum atomic E-state index is -2.74. The van der Waals surface area contributed by atoms with Crippen LogP contribution in [-0.2, 0) is 11.2 Å². The van der Waals surface area contributed by atoms with Crippen LogP contribution in [0, 0.1) is 11.3 Å². The first-order chi connectivity index (χ1) is 17.0. The summed E-state index contributed by atoms with van der Waals surface area (Å²) in [5.41, 5.74) is 0.787. The molecule has 4 aromatic carbocycles. The zero-order valence-electron chi connectivity index (χ0n) is 19.0. The Hall–Kier alpha value is -2.90. The van der Waals surface area contributed by atoms with Crippen molar-refractivity contribution in [2.24, 2.45) is 0 Å². The van der Waals surface area contributed by atoms with E-state index in [1.54, 1.807) is 7.11 Å². The third-order valence-corrected chi connectivity index (χ3v) is 11.2. The van der Waals surface area contributed by atoms with Crippen LogP contribution in [0.2, 0.25) is 0 Å². The molecule has 0 aliphatic heterocycles. The van der Waals surface area contributed by atoms with E-state index in [1.807, 2.05) is 103 Å². The number of carbonyl (C=O) groups is 1. The SMILES string of the molecule is COc1c(Br)cc(CC(=O)C(C#N)=P(c2ccccc2)(c2ccccc2)c2ccccc2)cc1Br. The lowest BCUT2D eigenvalue weighted by molar-refractivity contribution is -0.112. The maximum absolute atomic E-state index is 14.0. The van der Waals surface area contributed by atoms with Gasteiger partial charge in [-0.05, 0) is 72.4 Å². The van der Waals surface area contributed by atoms with Gasteiger partial charge in [-0.1, -0.05) is 91.0 Å². The van der Waals surface area contributed by atoms with Crippen LogP contribution < -0.4 is 20.7 Å². The van der Waals surface area contributed by atoms with Crippen LogP contribution in [0.5, 0.6) is 5.75 Å². The molecule has 0 unspecified atom stereocenters. The summed E-state index contributed by atoms with van der Waals surface area (Å²) in [7, 11) is 1.59. The molecule has 0 aromatic heterocycles. The molecule has 6 heteroatoms. The molecule has 0 heterocycles. The summed E-state index contributed by atoms with van der Waals surface area (Å²) in [6.07, 6.45) is 0.0956. The number of rotatable bonds is 7. The smallest absolute Gasteiger partial charge is 0.178 e. The average molecular weight is 607 g/mol. The highest BCUT2D eigenvalue weighted by Crippen LogP contribution is 2.46. The minimum Gasteiger partial charge on any atom is -0.494 e. The van der Waals surface area contributed by atoms with Crippen molar-refractivity contribution in [3.63, 3.8) is 0 Å². The van der Waals surface area contributed by atoms with Crippen LogP contribution in [0.15, 0.2) is 112 Å². The number of halogens is 2. The second-order valence-corrected chi connectivity index (χ2v) is 12.9. The molecule has 0 spiro atoms. The Morgan fingerprint density at radius 1 is 0.800 bits per heavy atom. The first kappa shape index (κ1) is 25.2. The van der Waals surface area contributed by atoms with Crippen LogP contribution in [0.3, 0.4) is 0 Å². The van der Waals surface area contributed by atoms with Crippen molar-refractivity contribution in [3.8, 4) is 11.8 Å². The molecule has 3 nitrogen and oxygen atoms in total. The first-order valence-corrected chi connectivity index (χ1v) is 14.3. The van der Waals surface area contributed by atoms with E-state index in [4.69, 9.17) is 4.74 Å². The molecule has 0 aliphatic carbocycles. The summed E-state index contributed by atoms with van der Waals surface area (Å²) in [5, 5.41) is 13.8. The second-order valence-electron chi connectivity index (χ2n) is 7.83. The number of Topliss-reactive ketones (excluding diaryl/α,β-unsaturated/α-hetero) is 1. The third kappa shape index (κ3) is 4.93. The Balaban J connectivity index is 2.03. The van der Waals surface area contributed by atoms with Crippen LogP contribution in [-0.4, -0.2) is 18.2 Å². The number of hydrogen-bond acceptors (Lipinski definition) is 3. The fourth-order valence-electron chi connectivity index (χ4n) is 4.29. The van der Waals surface area contributed by atoms with Gasteiger partial charge in [0.15, 0.2) is 5.78 Å². The van der Waals surface area contributed by atoms with Gasteiger partial charge >= 0.3 is 0 Å². The number of nitrogens with zero attached hydrogens (tertiary/aromatic N) is 1. The number of hydrogen-bond donors (Lipinski definition) is 0. The number of benzene rings is 4. The predicted molar refractivity (Wildman–Crippen MR) is 153 cm³/mol. The maximum atomic E-state index is 14.0. The van der Waals surface area contributed by atoms with Gasteiger partial charge in [0.05, 0.1) is 16.1 Å². The molecule has 174 valence electrons. The lowest BCUT2D eigenvalue weighted by atomic mass is 10.1. The molecular formula is C29H22Br2NO2P. The molecule has 0 saturated heterocycles. The average Bonchev–Trinajstić information content (AvgIpc) is 2.88. The number of carbonyl (C=O) groups excluding carboxylic acids is 1. The molecule has 35 heavy (non-hydrogen) atoms. The molecule has 4 aromatic rings. The van der Waals surface area contributed by atoms with Gasteiger partial charge in [0.1, 0.15) is 17.1 Å². The largest absolute Gasteiger partial charge is 0.494 e. The molecule has 0 N–H and O–H groups in total. The minimum absolute atomic E-state index is 0.0956. The van der Waals surface area contributed by atoms with Crippen molar-refractivity contribution < 1.29 is 9.53 Å². The van der Waals surface area contributed by atoms with E-state index in [1.165, 1.54) is 0 Å². The molecule has 4 rings (SSSR count). The second kappa shape index (κ2) is 11.2. The molecule has 0 radical (unpaired) electrons. The Bertz CT molecular complexity index is 1320. The number of methoxy groups -OCH3 is 1. The van der Waals surface area contributed by atoms with Gasteiger partial charge in [-0.15, -0.1) is 0 Å². The highest BCUT2D eigenvalue weighted by molar-refractivity contribution is 9.11. The number of ether oxygens (including phenoxy) is 1. The van der Waals surface area contributed by atoms with E-state index in [2.05, 4.69) is 37.9 Å². The fraction of sp³-hybridized carbons (Fsp3) is 0.0690. The van der Waals surface area contributed by atoms with Crippen molar-refractivity contribution in [2.75, 3.05) is 7.11 Å². The molecule has 0 atom stereocenters.